The van der Waals surface area contributed by atoms with Crippen molar-refractivity contribution in [1.82, 2.24) is 4.90 Å². The lowest BCUT2D eigenvalue weighted by Gasteiger charge is -2.26. The van der Waals surface area contributed by atoms with E-state index in [-0.39, 0.29) is 17.0 Å². The summed E-state index contributed by atoms with van der Waals surface area (Å²) in [6.45, 7) is 1.83. The standard InChI is InChI=1S/C16H18ClN3O3S/c1-11(12-7-9-13(10-8-12)24(18,22)23)20(2)16(21)19-15-6-4-3-5-14(15)17/h3-11H,1-2H3,(H,19,21)(H2,18,22,23). The lowest BCUT2D eigenvalue weighted by atomic mass is 10.1. The maximum absolute atomic E-state index is 12.3. The van der Waals surface area contributed by atoms with Gasteiger partial charge in [0.25, 0.3) is 0 Å². The summed E-state index contributed by atoms with van der Waals surface area (Å²) in [5.41, 5.74) is 1.30. The molecule has 8 heteroatoms. The van der Waals surface area contributed by atoms with Crippen LogP contribution < -0.4 is 10.5 Å². The highest BCUT2D eigenvalue weighted by atomic mass is 35.5. The van der Waals surface area contributed by atoms with Crippen LogP contribution in [0.2, 0.25) is 5.02 Å². The molecule has 0 bridgehead atoms. The van der Waals surface area contributed by atoms with Crippen LogP contribution >= 0.6 is 11.6 Å². The second-order valence-corrected chi connectivity index (χ2v) is 7.28. The van der Waals surface area contributed by atoms with Gasteiger partial charge in [-0.2, -0.15) is 0 Å². The van der Waals surface area contributed by atoms with E-state index in [1.54, 1.807) is 43.4 Å². The maximum Gasteiger partial charge on any atom is 0.322 e. The fourth-order valence-corrected chi connectivity index (χ4v) is 2.80. The number of nitrogens with one attached hydrogen (secondary N) is 1. The van der Waals surface area contributed by atoms with Gasteiger partial charge in [-0.15, -0.1) is 0 Å². The van der Waals surface area contributed by atoms with E-state index in [1.165, 1.54) is 17.0 Å². The number of benzene rings is 2. The first-order chi connectivity index (χ1) is 11.2. The second-order valence-electron chi connectivity index (χ2n) is 5.31. The molecule has 3 N–H and O–H groups in total. The predicted octanol–water partition coefficient (Wildman–Crippen LogP) is 3.21. The summed E-state index contributed by atoms with van der Waals surface area (Å²) in [7, 11) is -2.09. The minimum absolute atomic E-state index is 0.0293. The van der Waals surface area contributed by atoms with Gasteiger partial charge < -0.3 is 10.2 Å². The Bertz CT molecular complexity index is 838. The van der Waals surface area contributed by atoms with Gasteiger partial charge >= 0.3 is 6.03 Å². The Morgan fingerprint density at radius 2 is 1.75 bits per heavy atom. The number of primary sulfonamides is 1. The summed E-state index contributed by atoms with van der Waals surface area (Å²) >= 11 is 6.03. The third-order valence-corrected chi connectivity index (χ3v) is 4.97. The number of nitrogens with two attached hydrogens (primary N) is 1. The highest BCUT2D eigenvalue weighted by molar-refractivity contribution is 7.89. The Morgan fingerprint density at radius 1 is 1.17 bits per heavy atom. The van der Waals surface area contributed by atoms with Crippen molar-refractivity contribution in [2.24, 2.45) is 5.14 Å². The van der Waals surface area contributed by atoms with Crippen LogP contribution in [0.4, 0.5) is 10.5 Å². The number of sulfonamides is 1. The zero-order valence-electron chi connectivity index (χ0n) is 13.2. The van der Waals surface area contributed by atoms with Crippen molar-refractivity contribution >= 4 is 33.3 Å². The van der Waals surface area contributed by atoms with E-state index in [2.05, 4.69) is 5.32 Å². The first-order valence-electron chi connectivity index (χ1n) is 7.11. The van der Waals surface area contributed by atoms with Crippen molar-refractivity contribution in [3.8, 4) is 0 Å². The van der Waals surface area contributed by atoms with E-state index >= 15 is 0 Å². The van der Waals surface area contributed by atoms with E-state index in [0.717, 1.165) is 5.56 Å². The zero-order chi connectivity index (χ0) is 17.9. The molecule has 0 fully saturated rings. The number of amides is 2. The number of para-hydroxylation sites is 1. The van der Waals surface area contributed by atoms with Gasteiger partial charge in [0.05, 0.1) is 21.6 Å². The van der Waals surface area contributed by atoms with Crippen molar-refractivity contribution < 1.29 is 13.2 Å². The largest absolute Gasteiger partial charge is 0.322 e. The molecular formula is C16H18ClN3O3S. The molecule has 0 aliphatic carbocycles. The molecular weight excluding hydrogens is 350 g/mol. The number of halogens is 1. The Hall–Kier alpha value is -2.09. The number of carbonyl (C=O) groups excluding carboxylic acids is 1. The minimum atomic E-state index is -3.73. The van der Waals surface area contributed by atoms with Gasteiger partial charge in [0, 0.05) is 7.05 Å². The molecule has 0 spiro atoms. The molecule has 0 heterocycles. The first-order valence-corrected chi connectivity index (χ1v) is 9.03. The van der Waals surface area contributed by atoms with Crippen LogP contribution in [0.25, 0.3) is 0 Å². The van der Waals surface area contributed by atoms with Crippen LogP contribution in [0.1, 0.15) is 18.5 Å². The molecule has 0 aliphatic rings. The number of carbonyl (C=O) groups is 1. The molecule has 0 aliphatic heterocycles. The third-order valence-electron chi connectivity index (χ3n) is 3.71. The van der Waals surface area contributed by atoms with Gasteiger partial charge in [-0.25, -0.2) is 18.4 Å². The highest BCUT2D eigenvalue weighted by Gasteiger charge is 2.19. The Morgan fingerprint density at radius 3 is 2.29 bits per heavy atom. The van der Waals surface area contributed by atoms with Crippen molar-refractivity contribution in [3.05, 3.63) is 59.1 Å². The fraction of sp³-hybridized carbons (Fsp3) is 0.188. The molecule has 0 saturated heterocycles. The van der Waals surface area contributed by atoms with Gasteiger partial charge in [0.15, 0.2) is 0 Å². The Labute approximate surface area is 146 Å². The van der Waals surface area contributed by atoms with Gasteiger partial charge in [0.1, 0.15) is 0 Å². The summed E-state index contributed by atoms with van der Waals surface area (Å²) in [6.07, 6.45) is 0. The Balaban J connectivity index is 2.12. The number of hydrogen-bond acceptors (Lipinski definition) is 3. The number of rotatable bonds is 4. The summed E-state index contributed by atoms with van der Waals surface area (Å²) in [5, 5.41) is 8.26. The van der Waals surface area contributed by atoms with Gasteiger partial charge in [-0.1, -0.05) is 35.9 Å². The lowest BCUT2D eigenvalue weighted by Crippen LogP contribution is -2.33. The number of anilines is 1. The summed E-state index contributed by atoms with van der Waals surface area (Å²) < 4.78 is 22.6. The quantitative estimate of drug-likeness (QED) is 0.868. The monoisotopic (exact) mass is 367 g/mol. The first kappa shape index (κ1) is 18.3. The van der Waals surface area contributed by atoms with Crippen molar-refractivity contribution in [2.45, 2.75) is 17.9 Å². The van der Waals surface area contributed by atoms with Gasteiger partial charge in [0.2, 0.25) is 10.0 Å². The molecule has 2 aromatic rings. The second kappa shape index (κ2) is 7.21. The number of urea groups is 1. The highest BCUT2D eigenvalue weighted by Crippen LogP contribution is 2.24. The van der Waals surface area contributed by atoms with Gasteiger partial charge in [-0.05, 0) is 36.8 Å². The molecule has 1 atom stereocenters. The summed E-state index contributed by atoms with van der Waals surface area (Å²) in [4.78, 5) is 13.9. The molecule has 6 nitrogen and oxygen atoms in total. The van der Waals surface area contributed by atoms with Crippen LogP contribution in [0.3, 0.4) is 0 Å². The lowest BCUT2D eigenvalue weighted by molar-refractivity contribution is 0.208. The predicted molar refractivity (Wildman–Crippen MR) is 94.5 cm³/mol. The van der Waals surface area contributed by atoms with Crippen LogP contribution in [0.5, 0.6) is 0 Å². The summed E-state index contributed by atoms with van der Waals surface area (Å²) in [5.74, 6) is 0. The van der Waals surface area contributed by atoms with Crippen LogP contribution in [0, 0.1) is 0 Å². The zero-order valence-corrected chi connectivity index (χ0v) is 14.8. The average Bonchev–Trinajstić information content (AvgIpc) is 2.55. The van der Waals surface area contributed by atoms with Crippen LogP contribution in [0.15, 0.2) is 53.4 Å². The van der Waals surface area contributed by atoms with Crippen molar-refractivity contribution in [3.63, 3.8) is 0 Å². The maximum atomic E-state index is 12.3. The smallest absolute Gasteiger partial charge is 0.321 e. The third kappa shape index (κ3) is 4.25. The van der Waals surface area contributed by atoms with E-state index < -0.39 is 10.0 Å². The molecule has 128 valence electrons. The van der Waals surface area contributed by atoms with Crippen molar-refractivity contribution in [1.29, 1.82) is 0 Å². The molecule has 0 radical (unpaired) electrons. The summed E-state index contributed by atoms with van der Waals surface area (Å²) in [6, 6.07) is 12.4. The molecule has 2 aromatic carbocycles. The molecule has 2 amide bonds. The van der Waals surface area contributed by atoms with E-state index in [0.29, 0.717) is 10.7 Å². The van der Waals surface area contributed by atoms with Crippen LogP contribution in [-0.4, -0.2) is 26.4 Å². The topological polar surface area (TPSA) is 92.5 Å². The van der Waals surface area contributed by atoms with E-state index in [1.807, 2.05) is 6.92 Å². The number of nitrogens with zero attached hydrogens (tertiary/aromatic N) is 1. The fourth-order valence-electron chi connectivity index (χ4n) is 2.10. The normalized spacial score (nSPS) is 12.5. The SMILES string of the molecule is CC(c1ccc(S(N)(=O)=O)cc1)N(C)C(=O)Nc1ccccc1Cl. The van der Waals surface area contributed by atoms with Crippen molar-refractivity contribution in [2.75, 3.05) is 12.4 Å². The van der Waals surface area contributed by atoms with Gasteiger partial charge in [-0.3, -0.25) is 0 Å². The van der Waals surface area contributed by atoms with E-state index in [4.69, 9.17) is 16.7 Å². The average molecular weight is 368 g/mol. The Kier molecular flexibility index (Phi) is 5.48. The number of hydrogen-bond donors (Lipinski definition) is 2. The molecule has 24 heavy (non-hydrogen) atoms. The molecule has 2 rings (SSSR count). The minimum Gasteiger partial charge on any atom is -0.321 e. The molecule has 0 saturated carbocycles. The molecule has 0 aromatic heterocycles. The van der Waals surface area contributed by atoms with Crippen LogP contribution in [-0.2, 0) is 10.0 Å². The van der Waals surface area contributed by atoms with E-state index in [9.17, 15) is 13.2 Å². The molecule has 1 unspecified atom stereocenters.